The Morgan fingerprint density at radius 2 is 2.33 bits per heavy atom. The van der Waals surface area contributed by atoms with Crippen LogP contribution in [-0.2, 0) is 10.8 Å². The first-order chi connectivity index (χ1) is 7.24. The zero-order chi connectivity index (χ0) is 11.1. The minimum Gasteiger partial charge on any atom is -0.254 e. The molecule has 0 fully saturated rings. The molecule has 0 N–H and O–H groups in total. The van der Waals surface area contributed by atoms with Crippen molar-refractivity contribution < 1.29 is 8.60 Å². The van der Waals surface area contributed by atoms with Crippen molar-refractivity contribution in [3.63, 3.8) is 0 Å². The lowest BCUT2D eigenvalue weighted by atomic mass is 10.4. The zero-order valence-corrected chi connectivity index (χ0v) is 8.78. The van der Waals surface area contributed by atoms with Crippen molar-refractivity contribution in [2.75, 3.05) is 12.3 Å². The molecule has 0 saturated carbocycles. The second-order valence-corrected chi connectivity index (χ2v) is 4.39. The van der Waals surface area contributed by atoms with E-state index in [9.17, 15) is 8.60 Å². The summed E-state index contributed by atoms with van der Waals surface area (Å²) in [6.45, 7) is 0.317. The third kappa shape index (κ3) is 4.10. The van der Waals surface area contributed by atoms with Gasteiger partial charge in [0.15, 0.2) is 0 Å². The van der Waals surface area contributed by atoms with E-state index in [1.165, 1.54) is 18.2 Å². The van der Waals surface area contributed by atoms with Crippen LogP contribution in [-0.4, -0.2) is 16.5 Å². The predicted molar refractivity (Wildman–Crippen MR) is 56.3 cm³/mol. The summed E-state index contributed by atoms with van der Waals surface area (Å²) in [7, 11) is -1.22. The summed E-state index contributed by atoms with van der Waals surface area (Å²) < 4.78 is 24.3. The summed E-state index contributed by atoms with van der Waals surface area (Å²) in [6, 6.07) is 5.70. The summed E-state index contributed by atoms with van der Waals surface area (Å²) in [5, 5.41) is 3.33. The van der Waals surface area contributed by atoms with Crippen LogP contribution in [0.25, 0.3) is 10.4 Å². The Hall–Kier alpha value is -1.39. The summed E-state index contributed by atoms with van der Waals surface area (Å²) in [5.41, 5.74) is 8.02. The first-order valence-electron chi connectivity index (χ1n) is 4.39. The Kier molecular flexibility index (Phi) is 4.80. The van der Waals surface area contributed by atoms with Crippen molar-refractivity contribution in [2.45, 2.75) is 11.3 Å². The van der Waals surface area contributed by atoms with Crippen molar-refractivity contribution in [2.24, 2.45) is 5.11 Å². The van der Waals surface area contributed by atoms with Crippen LogP contribution in [0.4, 0.5) is 4.39 Å². The van der Waals surface area contributed by atoms with Gasteiger partial charge in [0.25, 0.3) is 0 Å². The topological polar surface area (TPSA) is 65.8 Å². The van der Waals surface area contributed by atoms with Gasteiger partial charge in [0.2, 0.25) is 0 Å². The van der Waals surface area contributed by atoms with E-state index in [0.29, 0.717) is 23.6 Å². The van der Waals surface area contributed by atoms with Gasteiger partial charge >= 0.3 is 0 Å². The van der Waals surface area contributed by atoms with E-state index < -0.39 is 16.6 Å². The van der Waals surface area contributed by atoms with E-state index in [4.69, 9.17) is 5.53 Å². The molecule has 1 atom stereocenters. The molecule has 6 heteroatoms. The molecule has 0 radical (unpaired) electrons. The van der Waals surface area contributed by atoms with E-state index in [1.54, 1.807) is 6.07 Å². The van der Waals surface area contributed by atoms with E-state index >= 15 is 0 Å². The van der Waals surface area contributed by atoms with Gasteiger partial charge in [0.05, 0.1) is 10.8 Å². The molecule has 0 amide bonds. The van der Waals surface area contributed by atoms with Crippen molar-refractivity contribution in [3.05, 3.63) is 40.5 Å². The average Bonchev–Trinajstić information content (AvgIpc) is 2.24. The Morgan fingerprint density at radius 1 is 1.53 bits per heavy atom. The number of hydrogen-bond acceptors (Lipinski definition) is 2. The Morgan fingerprint density at radius 3 is 3.00 bits per heavy atom. The van der Waals surface area contributed by atoms with E-state index in [2.05, 4.69) is 10.0 Å². The largest absolute Gasteiger partial charge is 0.254 e. The number of rotatable bonds is 5. The fourth-order valence-electron chi connectivity index (χ4n) is 1.04. The van der Waals surface area contributed by atoms with Crippen LogP contribution in [0.5, 0.6) is 0 Å². The Labute approximate surface area is 89.2 Å². The number of nitrogens with zero attached hydrogens (tertiary/aromatic N) is 3. The lowest BCUT2D eigenvalue weighted by Gasteiger charge is -2.00. The maximum absolute atomic E-state index is 12.8. The van der Waals surface area contributed by atoms with Crippen molar-refractivity contribution in [1.29, 1.82) is 0 Å². The van der Waals surface area contributed by atoms with Crippen LogP contribution in [0.2, 0.25) is 0 Å². The third-order valence-corrected chi connectivity index (χ3v) is 3.15. The lowest BCUT2D eigenvalue weighted by Crippen LogP contribution is -1.99. The van der Waals surface area contributed by atoms with Crippen LogP contribution in [0.15, 0.2) is 34.3 Å². The number of hydrogen-bond donors (Lipinski definition) is 0. The van der Waals surface area contributed by atoms with Gasteiger partial charge in [-0.1, -0.05) is 11.2 Å². The van der Waals surface area contributed by atoms with Gasteiger partial charge in [-0.15, -0.1) is 0 Å². The molecule has 0 aromatic heterocycles. The Balaban J connectivity index is 2.50. The highest BCUT2D eigenvalue weighted by atomic mass is 32.2. The van der Waals surface area contributed by atoms with E-state index in [-0.39, 0.29) is 0 Å². The smallest absolute Gasteiger partial charge is 0.124 e. The number of azide groups is 1. The first kappa shape index (κ1) is 11.7. The minimum atomic E-state index is -1.22. The molecule has 1 aromatic rings. The van der Waals surface area contributed by atoms with E-state index in [0.717, 1.165) is 0 Å². The molecule has 0 saturated heterocycles. The second-order valence-electron chi connectivity index (χ2n) is 2.82. The van der Waals surface area contributed by atoms with Crippen molar-refractivity contribution >= 4 is 10.8 Å². The summed E-state index contributed by atoms with van der Waals surface area (Å²) in [5.74, 6) is -0.0152. The van der Waals surface area contributed by atoms with Gasteiger partial charge in [0.1, 0.15) is 5.82 Å². The standard InChI is InChI=1S/C9H10FN3OS/c10-8-3-1-4-9(7-8)15(14)6-2-5-12-13-11/h1,3-4,7H,2,5-6H2. The molecule has 4 nitrogen and oxygen atoms in total. The van der Waals surface area contributed by atoms with Crippen LogP contribution >= 0.6 is 0 Å². The molecule has 1 rings (SSSR count). The molecule has 1 unspecified atom stereocenters. The quantitative estimate of drug-likeness (QED) is 0.330. The first-order valence-corrected chi connectivity index (χ1v) is 5.70. The number of benzene rings is 1. The third-order valence-electron chi connectivity index (χ3n) is 1.71. The van der Waals surface area contributed by atoms with Gasteiger partial charge < -0.3 is 0 Å². The molecule has 0 heterocycles. The molecule has 0 aliphatic heterocycles. The molecule has 0 aliphatic carbocycles. The maximum atomic E-state index is 12.8. The SMILES string of the molecule is [N-]=[N+]=NCCCS(=O)c1cccc(F)c1. The summed E-state index contributed by atoms with van der Waals surface area (Å²) >= 11 is 0. The molecule has 0 aliphatic rings. The average molecular weight is 227 g/mol. The van der Waals surface area contributed by atoms with Crippen LogP contribution in [0.1, 0.15) is 6.42 Å². The van der Waals surface area contributed by atoms with Crippen molar-refractivity contribution in [1.82, 2.24) is 0 Å². The van der Waals surface area contributed by atoms with Crippen LogP contribution < -0.4 is 0 Å². The van der Waals surface area contributed by atoms with Crippen molar-refractivity contribution in [3.8, 4) is 0 Å². The zero-order valence-electron chi connectivity index (χ0n) is 7.97. The molecular formula is C9H10FN3OS. The molecular weight excluding hydrogens is 217 g/mol. The van der Waals surface area contributed by atoms with Gasteiger partial charge in [-0.2, -0.15) is 0 Å². The van der Waals surface area contributed by atoms with Crippen LogP contribution in [0.3, 0.4) is 0 Å². The van der Waals surface area contributed by atoms with Gasteiger partial charge in [-0.3, -0.25) is 4.21 Å². The summed E-state index contributed by atoms with van der Waals surface area (Å²) in [4.78, 5) is 3.05. The Bertz CT molecular complexity index is 404. The normalized spacial score (nSPS) is 11.8. The highest BCUT2D eigenvalue weighted by Gasteiger charge is 2.03. The lowest BCUT2D eigenvalue weighted by molar-refractivity contribution is 0.622. The molecule has 0 bridgehead atoms. The molecule has 0 spiro atoms. The minimum absolute atomic E-state index is 0.317. The predicted octanol–water partition coefficient (Wildman–Crippen LogP) is 2.63. The van der Waals surface area contributed by atoms with Gasteiger partial charge in [-0.25, -0.2) is 4.39 Å². The molecule has 1 aromatic carbocycles. The number of halogens is 1. The molecule has 80 valence electrons. The summed E-state index contributed by atoms with van der Waals surface area (Å²) in [6.07, 6.45) is 0.535. The monoisotopic (exact) mass is 227 g/mol. The fourth-order valence-corrected chi connectivity index (χ4v) is 2.14. The second kappa shape index (κ2) is 6.16. The van der Waals surface area contributed by atoms with E-state index in [1.807, 2.05) is 0 Å². The molecule has 15 heavy (non-hydrogen) atoms. The van der Waals surface area contributed by atoms with Gasteiger partial charge in [0, 0.05) is 22.1 Å². The highest BCUT2D eigenvalue weighted by Crippen LogP contribution is 2.09. The maximum Gasteiger partial charge on any atom is 0.124 e. The highest BCUT2D eigenvalue weighted by molar-refractivity contribution is 7.85. The fraction of sp³-hybridized carbons (Fsp3) is 0.333. The van der Waals surface area contributed by atoms with Gasteiger partial charge in [-0.05, 0) is 30.2 Å². The van der Waals surface area contributed by atoms with Crippen LogP contribution in [0, 0.1) is 5.82 Å².